The highest BCUT2D eigenvalue weighted by molar-refractivity contribution is 7.88. The van der Waals surface area contributed by atoms with E-state index in [1.165, 1.54) is 23.4 Å². The molecule has 1 aromatic heterocycles. The molecule has 9 heteroatoms. The minimum absolute atomic E-state index is 0.0991. The Morgan fingerprint density at radius 2 is 1.90 bits per heavy atom. The van der Waals surface area contributed by atoms with Gasteiger partial charge in [-0.2, -0.15) is 0 Å². The number of aromatic nitrogens is 1. The summed E-state index contributed by atoms with van der Waals surface area (Å²) in [6.07, 6.45) is 9.92. The lowest BCUT2D eigenvalue weighted by atomic mass is 10.0. The number of hydrogen-bond acceptors (Lipinski definition) is 6. The molecule has 31 heavy (non-hydrogen) atoms. The van der Waals surface area contributed by atoms with Crippen LogP contribution in [0.3, 0.4) is 0 Å². The standard InChI is InChI=1S/C22H35N5O3S/c1-25(31(2,29)30)18-9-15-26(16-10-18)12-4-14-27-13-3-5-19-20(22(27)28)8-11-23-21(19)24-17-6-7-17/h8,11,17-18H,3-7,9-10,12-16H2,1-2H3,(H,23,24). The Morgan fingerprint density at radius 1 is 1.16 bits per heavy atom. The average Bonchev–Trinajstić information content (AvgIpc) is 3.57. The molecule has 1 amide bonds. The highest BCUT2D eigenvalue weighted by Gasteiger charge is 2.29. The van der Waals surface area contributed by atoms with Crippen LogP contribution in [0.4, 0.5) is 5.82 Å². The Labute approximate surface area is 186 Å². The van der Waals surface area contributed by atoms with Gasteiger partial charge in [0.2, 0.25) is 10.0 Å². The lowest BCUT2D eigenvalue weighted by molar-refractivity contribution is 0.0749. The number of likely N-dealkylation sites (tertiary alicyclic amines) is 1. The number of pyridine rings is 1. The molecule has 2 aliphatic heterocycles. The largest absolute Gasteiger partial charge is 0.367 e. The third-order valence-electron chi connectivity index (χ3n) is 6.84. The first-order chi connectivity index (χ1) is 14.8. The first-order valence-corrected chi connectivity index (χ1v) is 13.4. The molecule has 0 aromatic carbocycles. The third kappa shape index (κ3) is 5.56. The summed E-state index contributed by atoms with van der Waals surface area (Å²) in [4.78, 5) is 22.1. The molecule has 2 fully saturated rings. The lowest BCUT2D eigenvalue weighted by Gasteiger charge is -2.36. The van der Waals surface area contributed by atoms with Crippen LogP contribution in [0.15, 0.2) is 12.3 Å². The van der Waals surface area contributed by atoms with E-state index in [4.69, 9.17) is 0 Å². The molecule has 4 rings (SSSR count). The Morgan fingerprint density at radius 3 is 2.58 bits per heavy atom. The van der Waals surface area contributed by atoms with Crippen LogP contribution in [-0.2, 0) is 16.4 Å². The maximum atomic E-state index is 13.2. The second-order valence-electron chi connectivity index (χ2n) is 9.21. The van der Waals surface area contributed by atoms with E-state index < -0.39 is 10.0 Å². The normalized spacial score (nSPS) is 21.3. The van der Waals surface area contributed by atoms with Gasteiger partial charge in [-0.25, -0.2) is 17.7 Å². The fourth-order valence-electron chi connectivity index (χ4n) is 4.69. The van der Waals surface area contributed by atoms with Crippen LogP contribution in [0.5, 0.6) is 0 Å². The topological polar surface area (TPSA) is 85.8 Å². The second kappa shape index (κ2) is 9.42. The van der Waals surface area contributed by atoms with Crippen molar-refractivity contribution in [3.63, 3.8) is 0 Å². The number of carbonyl (C=O) groups is 1. The highest BCUT2D eigenvalue weighted by atomic mass is 32.2. The quantitative estimate of drug-likeness (QED) is 0.651. The van der Waals surface area contributed by atoms with Gasteiger partial charge in [0, 0.05) is 49.5 Å². The van der Waals surface area contributed by atoms with Crippen LogP contribution >= 0.6 is 0 Å². The van der Waals surface area contributed by atoms with Gasteiger partial charge < -0.3 is 15.1 Å². The van der Waals surface area contributed by atoms with Gasteiger partial charge in [-0.1, -0.05) is 0 Å². The number of piperidine rings is 1. The number of fused-ring (bicyclic) bond motifs is 1. The summed E-state index contributed by atoms with van der Waals surface area (Å²) < 4.78 is 25.0. The van der Waals surface area contributed by atoms with E-state index in [0.29, 0.717) is 6.04 Å². The highest BCUT2D eigenvalue weighted by Crippen LogP contribution is 2.29. The number of anilines is 1. The second-order valence-corrected chi connectivity index (χ2v) is 11.2. The number of nitrogens with one attached hydrogen (secondary N) is 1. The molecule has 0 atom stereocenters. The summed E-state index contributed by atoms with van der Waals surface area (Å²) in [6, 6.07) is 2.49. The van der Waals surface area contributed by atoms with E-state index in [-0.39, 0.29) is 11.9 Å². The molecule has 1 N–H and O–H groups in total. The Kier molecular flexibility index (Phi) is 6.83. The molecule has 0 radical (unpaired) electrons. The molecule has 172 valence electrons. The predicted octanol–water partition coefficient (Wildman–Crippen LogP) is 1.79. The molecule has 1 saturated heterocycles. The first-order valence-electron chi connectivity index (χ1n) is 11.5. The van der Waals surface area contributed by atoms with Crippen molar-refractivity contribution in [3.05, 3.63) is 23.4 Å². The Bertz CT molecular complexity index is 894. The summed E-state index contributed by atoms with van der Waals surface area (Å²) in [7, 11) is -1.45. The first kappa shape index (κ1) is 22.5. The van der Waals surface area contributed by atoms with Crippen LogP contribution in [0.1, 0.15) is 54.4 Å². The average molecular weight is 450 g/mol. The van der Waals surface area contributed by atoms with Gasteiger partial charge >= 0.3 is 0 Å². The lowest BCUT2D eigenvalue weighted by Crippen LogP contribution is -2.45. The van der Waals surface area contributed by atoms with E-state index in [1.54, 1.807) is 13.2 Å². The SMILES string of the molecule is CN(C1CCN(CCCN2CCCc3c(ccnc3NC3CC3)C2=O)CC1)S(C)(=O)=O. The monoisotopic (exact) mass is 449 g/mol. The van der Waals surface area contributed by atoms with Gasteiger partial charge in [0.1, 0.15) is 5.82 Å². The number of amides is 1. The molecule has 0 bridgehead atoms. The summed E-state index contributed by atoms with van der Waals surface area (Å²) in [5.41, 5.74) is 1.89. The molecular weight excluding hydrogens is 414 g/mol. The van der Waals surface area contributed by atoms with Gasteiger partial charge in [-0.3, -0.25) is 4.79 Å². The summed E-state index contributed by atoms with van der Waals surface area (Å²) in [5.74, 6) is 1.03. The zero-order chi connectivity index (χ0) is 22.0. The fraction of sp³-hybridized carbons (Fsp3) is 0.727. The Hall–Kier alpha value is -1.71. The third-order valence-corrected chi connectivity index (χ3v) is 8.19. The van der Waals surface area contributed by atoms with Crippen LogP contribution in [-0.4, -0.2) is 91.5 Å². The van der Waals surface area contributed by atoms with Crippen LogP contribution in [0.2, 0.25) is 0 Å². The van der Waals surface area contributed by atoms with E-state index in [2.05, 4.69) is 15.2 Å². The molecule has 8 nitrogen and oxygen atoms in total. The van der Waals surface area contributed by atoms with E-state index in [9.17, 15) is 13.2 Å². The zero-order valence-electron chi connectivity index (χ0n) is 18.7. The van der Waals surface area contributed by atoms with E-state index in [1.807, 2.05) is 11.0 Å². The molecule has 0 spiro atoms. The van der Waals surface area contributed by atoms with Crippen molar-refractivity contribution in [2.45, 2.75) is 57.0 Å². The molecule has 1 saturated carbocycles. The van der Waals surface area contributed by atoms with Crippen molar-refractivity contribution in [1.82, 2.24) is 19.1 Å². The van der Waals surface area contributed by atoms with Gasteiger partial charge in [-0.05, 0) is 70.6 Å². The number of sulfonamides is 1. The Balaban J connectivity index is 1.27. The fourth-order valence-corrected chi connectivity index (χ4v) is 5.44. The molecule has 3 heterocycles. The van der Waals surface area contributed by atoms with Crippen molar-refractivity contribution in [1.29, 1.82) is 0 Å². The number of hydrogen-bond donors (Lipinski definition) is 1. The number of rotatable bonds is 8. The van der Waals surface area contributed by atoms with Gasteiger partial charge in [0.15, 0.2) is 0 Å². The van der Waals surface area contributed by atoms with Gasteiger partial charge in [0.25, 0.3) is 5.91 Å². The summed E-state index contributed by atoms with van der Waals surface area (Å²) in [6.45, 7) is 4.30. The summed E-state index contributed by atoms with van der Waals surface area (Å²) >= 11 is 0. The number of carbonyl (C=O) groups excluding carboxylic acids is 1. The van der Waals surface area contributed by atoms with Crippen LogP contribution in [0, 0.1) is 0 Å². The molecule has 3 aliphatic rings. The van der Waals surface area contributed by atoms with Gasteiger partial charge in [0.05, 0.1) is 6.26 Å². The summed E-state index contributed by atoms with van der Waals surface area (Å²) in [5, 5.41) is 3.48. The maximum Gasteiger partial charge on any atom is 0.254 e. The maximum absolute atomic E-state index is 13.2. The van der Waals surface area contributed by atoms with Crippen LogP contribution in [0.25, 0.3) is 0 Å². The van der Waals surface area contributed by atoms with Gasteiger partial charge in [-0.15, -0.1) is 0 Å². The van der Waals surface area contributed by atoms with Crippen LogP contribution < -0.4 is 5.32 Å². The van der Waals surface area contributed by atoms with E-state index >= 15 is 0 Å². The van der Waals surface area contributed by atoms with Crippen molar-refractivity contribution in [2.75, 3.05) is 51.3 Å². The molecule has 0 unspecified atom stereocenters. The van der Waals surface area contributed by atoms with Crippen molar-refractivity contribution in [3.8, 4) is 0 Å². The van der Waals surface area contributed by atoms with Crippen molar-refractivity contribution >= 4 is 21.7 Å². The minimum Gasteiger partial charge on any atom is -0.367 e. The zero-order valence-corrected chi connectivity index (χ0v) is 19.5. The molecule has 1 aromatic rings. The predicted molar refractivity (Wildman–Crippen MR) is 122 cm³/mol. The molecule has 1 aliphatic carbocycles. The van der Waals surface area contributed by atoms with E-state index in [0.717, 1.165) is 81.8 Å². The number of nitrogens with zero attached hydrogens (tertiary/aromatic N) is 4. The van der Waals surface area contributed by atoms with Crippen molar-refractivity contribution in [2.24, 2.45) is 0 Å². The molecular formula is C22H35N5O3S. The smallest absolute Gasteiger partial charge is 0.254 e. The van der Waals surface area contributed by atoms with Crippen molar-refractivity contribution < 1.29 is 13.2 Å². The minimum atomic E-state index is -3.13.